The van der Waals surface area contributed by atoms with Crippen molar-refractivity contribution in [2.45, 2.75) is 58.6 Å². The zero-order valence-electron chi connectivity index (χ0n) is 11.9. The van der Waals surface area contributed by atoms with Crippen molar-refractivity contribution >= 4 is 0 Å². The van der Waals surface area contributed by atoms with E-state index in [1.807, 2.05) is 6.92 Å². The van der Waals surface area contributed by atoms with Crippen LogP contribution in [0.2, 0.25) is 0 Å². The fraction of sp³-hybridized carbons (Fsp3) is 0.625. The lowest BCUT2D eigenvalue weighted by Crippen LogP contribution is -2.24. The minimum absolute atomic E-state index is 0.169. The van der Waals surface area contributed by atoms with Crippen LogP contribution in [0.25, 0.3) is 0 Å². The minimum atomic E-state index is -0.169. The van der Waals surface area contributed by atoms with Crippen molar-refractivity contribution < 1.29 is 5.11 Å². The quantitative estimate of drug-likeness (QED) is 0.739. The molecule has 1 rings (SSSR count). The van der Waals surface area contributed by atoms with Gasteiger partial charge in [0.1, 0.15) is 0 Å². The first-order valence-electron chi connectivity index (χ1n) is 7.21. The van der Waals surface area contributed by atoms with Crippen LogP contribution < -0.4 is 5.32 Å². The first-order valence-corrected chi connectivity index (χ1v) is 7.21. The van der Waals surface area contributed by atoms with Gasteiger partial charge in [-0.15, -0.1) is 0 Å². The van der Waals surface area contributed by atoms with Gasteiger partial charge in [-0.1, -0.05) is 45.0 Å². The van der Waals surface area contributed by atoms with Gasteiger partial charge in [0, 0.05) is 6.04 Å². The average molecular weight is 249 g/mol. The molecule has 0 saturated heterocycles. The number of aliphatic hydroxyl groups excluding tert-OH is 1. The molecule has 0 aliphatic carbocycles. The normalized spacial score (nSPS) is 14.4. The van der Waals surface area contributed by atoms with Crippen LogP contribution in [-0.2, 0) is 6.42 Å². The summed E-state index contributed by atoms with van der Waals surface area (Å²) in [5, 5.41) is 13.1. The Kier molecular flexibility index (Phi) is 6.99. The Hall–Kier alpha value is -0.860. The minimum Gasteiger partial charge on any atom is -0.393 e. The second kappa shape index (κ2) is 8.28. The van der Waals surface area contributed by atoms with Gasteiger partial charge >= 0.3 is 0 Å². The highest BCUT2D eigenvalue weighted by atomic mass is 16.3. The number of hydrogen-bond acceptors (Lipinski definition) is 2. The molecular formula is C16H27NO. The molecule has 0 aliphatic rings. The second-order valence-corrected chi connectivity index (χ2v) is 4.86. The van der Waals surface area contributed by atoms with Crippen LogP contribution in [-0.4, -0.2) is 17.8 Å². The molecule has 18 heavy (non-hydrogen) atoms. The van der Waals surface area contributed by atoms with E-state index in [-0.39, 0.29) is 6.10 Å². The van der Waals surface area contributed by atoms with E-state index in [0.717, 1.165) is 32.2 Å². The Morgan fingerprint density at radius 2 is 1.72 bits per heavy atom. The van der Waals surface area contributed by atoms with Gasteiger partial charge in [-0.2, -0.15) is 0 Å². The summed E-state index contributed by atoms with van der Waals surface area (Å²) in [7, 11) is 0. The fourth-order valence-corrected chi connectivity index (χ4v) is 2.11. The van der Waals surface area contributed by atoms with E-state index in [1.54, 1.807) is 0 Å². The summed E-state index contributed by atoms with van der Waals surface area (Å²) in [6.07, 6.45) is 3.67. The summed E-state index contributed by atoms with van der Waals surface area (Å²) in [6.45, 7) is 7.27. The van der Waals surface area contributed by atoms with E-state index >= 15 is 0 Å². The Morgan fingerprint density at radius 3 is 2.22 bits per heavy atom. The first-order chi connectivity index (χ1) is 8.71. The maximum atomic E-state index is 9.54. The average Bonchev–Trinajstić information content (AvgIpc) is 2.43. The monoisotopic (exact) mass is 249 g/mol. The van der Waals surface area contributed by atoms with Crippen molar-refractivity contribution in [2.24, 2.45) is 0 Å². The summed E-state index contributed by atoms with van der Waals surface area (Å²) in [4.78, 5) is 0. The van der Waals surface area contributed by atoms with Crippen LogP contribution in [0.3, 0.4) is 0 Å². The Balaban J connectivity index is 2.49. The Bertz CT molecular complexity index is 320. The third-order valence-corrected chi connectivity index (χ3v) is 3.54. The van der Waals surface area contributed by atoms with E-state index in [1.165, 1.54) is 11.1 Å². The summed E-state index contributed by atoms with van der Waals surface area (Å²) in [5.74, 6) is 0. The van der Waals surface area contributed by atoms with Crippen molar-refractivity contribution in [1.82, 2.24) is 5.32 Å². The van der Waals surface area contributed by atoms with Gasteiger partial charge in [0.05, 0.1) is 6.10 Å². The molecule has 0 amide bonds. The van der Waals surface area contributed by atoms with Gasteiger partial charge in [-0.25, -0.2) is 0 Å². The largest absolute Gasteiger partial charge is 0.393 e. The lowest BCUT2D eigenvalue weighted by Gasteiger charge is -2.18. The molecule has 2 heteroatoms. The smallest absolute Gasteiger partial charge is 0.0549 e. The van der Waals surface area contributed by atoms with E-state index in [0.29, 0.717) is 6.04 Å². The van der Waals surface area contributed by atoms with Crippen molar-refractivity contribution in [3.05, 3.63) is 35.4 Å². The molecule has 2 unspecified atom stereocenters. The number of aliphatic hydroxyl groups is 1. The Labute approximate surface area is 111 Å². The molecule has 0 spiro atoms. The maximum absolute atomic E-state index is 9.54. The highest BCUT2D eigenvalue weighted by Crippen LogP contribution is 2.17. The zero-order chi connectivity index (χ0) is 13.4. The Morgan fingerprint density at radius 1 is 1.06 bits per heavy atom. The highest BCUT2D eigenvalue weighted by Gasteiger charge is 2.09. The molecule has 0 heterocycles. The zero-order valence-corrected chi connectivity index (χ0v) is 11.9. The number of rotatable bonds is 8. The van der Waals surface area contributed by atoms with Gasteiger partial charge in [0.2, 0.25) is 0 Å². The van der Waals surface area contributed by atoms with Crippen LogP contribution in [0.4, 0.5) is 0 Å². The first kappa shape index (κ1) is 15.2. The van der Waals surface area contributed by atoms with Gasteiger partial charge < -0.3 is 10.4 Å². The van der Waals surface area contributed by atoms with Crippen LogP contribution in [0.15, 0.2) is 24.3 Å². The number of nitrogens with one attached hydrogen (secondary N) is 1. The number of hydrogen-bond donors (Lipinski definition) is 2. The van der Waals surface area contributed by atoms with Crippen molar-refractivity contribution in [3.63, 3.8) is 0 Å². The molecule has 0 saturated carbocycles. The molecule has 2 atom stereocenters. The lowest BCUT2D eigenvalue weighted by molar-refractivity contribution is 0.158. The molecule has 2 N–H and O–H groups in total. The molecule has 0 fully saturated rings. The molecular weight excluding hydrogens is 222 g/mol. The van der Waals surface area contributed by atoms with Crippen molar-refractivity contribution in [3.8, 4) is 0 Å². The molecule has 1 aromatic carbocycles. The SMILES string of the molecule is CCc1ccc(C(CC)NCCC(O)CC)cc1. The fourth-order valence-electron chi connectivity index (χ4n) is 2.11. The molecule has 102 valence electrons. The summed E-state index contributed by atoms with van der Waals surface area (Å²) in [5.41, 5.74) is 2.73. The van der Waals surface area contributed by atoms with Crippen LogP contribution in [0.5, 0.6) is 0 Å². The van der Waals surface area contributed by atoms with Crippen molar-refractivity contribution in [1.29, 1.82) is 0 Å². The summed E-state index contributed by atoms with van der Waals surface area (Å²) < 4.78 is 0. The predicted molar refractivity (Wildman–Crippen MR) is 77.8 cm³/mol. The van der Waals surface area contributed by atoms with Crippen LogP contribution in [0.1, 0.15) is 57.2 Å². The van der Waals surface area contributed by atoms with Crippen LogP contribution >= 0.6 is 0 Å². The predicted octanol–water partition coefficient (Wildman–Crippen LogP) is 3.45. The van der Waals surface area contributed by atoms with Gasteiger partial charge in [0.15, 0.2) is 0 Å². The molecule has 2 nitrogen and oxygen atoms in total. The van der Waals surface area contributed by atoms with Crippen molar-refractivity contribution in [2.75, 3.05) is 6.54 Å². The summed E-state index contributed by atoms with van der Waals surface area (Å²) >= 11 is 0. The number of aryl methyl sites for hydroxylation is 1. The second-order valence-electron chi connectivity index (χ2n) is 4.86. The standard InChI is InChI=1S/C16H27NO/c1-4-13-7-9-14(10-8-13)16(6-3)17-12-11-15(18)5-2/h7-10,15-18H,4-6,11-12H2,1-3H3. The van der Waals surface area contributed by atoms with E-state index < -0.39 is 0 Å². The lowest BCUT2D eigenvalue weighted by atomic mass is 10.0. The molecule has 1 aromatic rings. The molecule has 0 bridgehead atoms. The van der Waals surface area contributed by atoms with Gasteiger partial charge in [-0.05, 0) is 43.4 Å². The van der Waals surface area contributed by atoms with Crippen LogP contribution in [0, 0.1) is 0 Å². The highest BCUT2D eigenvalue weighted by molar-refractivity contribution is 5.24. The molecule has 0 aromatic heterocycles. The number of benzene rings is 1. The van der Waals surface area contributed by atoms with Gasteiger partial charge in [0.25, 0.3) is 0 Å². The maximum Gasteiger partial charge on any atom is 0.0549 e. The van der Waals surface area contributed by atoms with E-state index in [9.17, 15) is 5.11 Å². The van der Waals surface area contributed by atoms with Gasteiger partial charge in [-0.3, -0.25) is 0 Å². The third-order valence-electron chi connectivity index (χ3n) is 3.54. The summed E-state index contributed by atoms with van der Waals surface area (Å²) in [6, 6.07) is 9.26. The molecule has 0 radical (unpaired) electrons. The molecule has 0 aliphatic heterocycles. The van der Waals surface area contributed by atoms with E-state index in [2.05, 4.69) is 43.4 Å². The third kappa shape index (κ3) is 4.79. The van der Waals surface area contributed by atoms with E-state index in [4.69, 9.17) is 0 Å². The topological polar surface area (TPSA) is 32.3 Å².